The number of hydrogen-bond acceptors (Lipinski definition) is 5. The van der Waals surface area contributed by atoms with E-state index >= 15 is 0 Å². The van der Waals surface area contributed by atoms with E-state index in [-0.39, 0.29) is 13.0 Å². The molecule has 0 aromatic rings. The standard InChI is InChI=1S/C12H23NO5S/c1-6-17-10(14)9(7-8-19(5)16)13-11(15)18-12(2,3)4/h9H,6-8H2,1-5H3,(H,13,15)/t9-,19?/m0/s1. The van der Waals surface area contributed by atoms with Crippen LogP contribution < -0.4 is 5.32 Å². The van der Waals surface area contributed by atoms with Crippen molar-refractivity contribution in [1.82, 2.24) is 5.32 Å². The Hall–Kier alpha value is -1.11. The van der Waals surface area contributed by atoms with Gasteiger partial charge in [-0.05, 0) is 34.1 Å². The first kappa shape index (κ1) is 17.9. The van der Waals surface area contributed by atoms with Crippen molar-refractivity contribution in [2.45, 2.75) is 45.8 Å². The highest BCUT2D eigenvalue weighted by molar-refractivity contribution is 7.84. The minimum absolute atomic E-state index is 0.223. The normalized spacial score (nSPS) is 14.4. The predicted octanol–water partition coefficient (Wildman–Crippen LogP) is 1.21. The monoisotopic (exact) mass is 293 g/mol. The van der Waals surface area contributed by atoms with Crippen LogP contribution in [-0.2, 0) is 25.1 Å². The number of carbonyl (C=O) groups excluding carboxylic acids is 2. The van der Waals surface area contributed by atoms with Crippen molar-refractivity contribution in [1.29, 1.82) is 0 Å². The summed E-state index contributed by atoms with van der Waals surface area (Å²) >= 11 is 0. The van der Waals surface area contributed by atoms with Crippen LogP contribution in [0, 0.1) is 0 Å². The quantitative estimate of drug-likeness (QED) is 0.744. The van der Waals surface area contributed by atoms with Crippen molar-refractivity contribution in [3.8, 4) is 0 Å². The van der Waals surface area contributed by atoms with E-state index in [2.05, 4.69) is 5.32 Å². The Morgan fingerprint density at radius 2 is 1.89 bits per heavy atom. The zero-order valence-corrected chi connectivity index (χ0v) is 13.0. The van der Waals surface area contributed by atoms with E-state index in [0.717, 1.165) is 0 Å². The Morgan fingerprint density at radius 3 is 2.32 bits per heavy atom. The van der Waals surface area contributed by atoms with Gasteiger partial charge < -0.3 is 14.8 Å². The zero-order valence-electron chi connectivity index (χ0n) is 12.1. The minimum Gasteiger partial charge on any atom is -0.464 e. The molecule has 1 unspecified atom stereocenters. The van der Waals surface area contributed by atoms with Crippen LogP contribution in [0.3, 0.4) is 0 Å². The van der Waals surface area contributed by atoms with Crippen molar-refractivity contribution >= 4 is 22.9 Å². The average molecular weight is 293 g/mol. The summed E-state index contributed by atoms with van der Waals surface area (Å²) in [6, 6.07) is -0.835. The number of hydrogen-bond donors (Lipinski definition) is 1. The molecule has 0 fully saturated rings. The molecular formula is C12H23NO5S. The lowest BCUT2D eigenvalue weighted by Gasteiger charge is -2.22. The first-order chi connectivity index (χ1) is 8.65. The number of carbonyl (C=O) groups is 2. The predicted molar refractivity (Wildman–Crippen MR) is 73.3 cm³/mol. The highest BCUT2D eigenvalue weighted by Gasteiger charge is 2.25. The number of amides is 1. The number of esters is 1. The number of nitrogens with one attached hydrogen (secondary N) is 1. The minimum atomic E-state index is -1.04. The number of ether oxygens (including phenoxy) is 2. The van der Waals surface area contributed by atoms with Gasteiger partial charge in [0.2, 0.25) is 0 Å². The van der Waals surface area contributed by atoms with E-state index in [0.29, 0.717) is 5.75 Å². The van der Waals surface area contributed by atoms with Gasteiger partial charge in [0, 0.05) is 22.8 Å². The molecule has 0 bridgehead atoms. The Morgan fingerprint density at radius 1 is 1.32 bits per heavy atom. The topological polar surface area (TPSA) is 81.7 Å². The molecule has 0 aliphatic rings. The maximum atomic E-state index is 11.7. The summed E-state index contributed by atoms with van der Waals surface area (Å²) in [5, 5.41) is 2.44. The van der Waals surface area contributed by atoms with Crippen LogP contribution in [0.15, 0.2) is 0 Å². The molecule has 0 radical (unpaired) electrons. The van der Waals surface area contributed by atoms with Gasteiger partial charge >= 0.3 is 12.1 Å². The summed E-state index contributed by atoms with van der Waals surface area (Å²) in [5.41, 5.74) is -0.642. The molecule has 0 saturated heterocycles. The van der Waals surface area contributed by atoms with Crippen LogP contribution in [0.25, 0.3) is 0 Å². The molecule has 1 N–H and O–H groups in total. The highest BCUT2D eigenvalue weighted by Crippen LogP contribution is 2.07. The molecule has 0 aliphatic heterocycles. The van der Waals surface area contributed by atoms with Crippen LogP contribution in [0.4, 0.5) is 4.79 Å². The molecule has 0 spiro atoms. The lowest BCUT2D eigenvalue weighted by atomic mass is 10.2. The molecule has 2 atom stereocenters. The number of alkyl carbamates (subject to hydrolysis) is 1. The summed E-state index contributed by atoms with van der Waals surface area (Å²) in [4.78, 5) is 23.3. The molecule has 0 heterocycles. The molecule has 7 heteroatoms. The Labute approximate surface area is 116 Å². The first-order valence-corrected chi connectivity index (χ1v) is 7.84. The van der Waals surface area contributed by atoms with E-state index in [9.17, 15) is 13.8 Å². The van der Waals surface area contributed by atoms with Crippen molar-refractivity contribution in [3.63, 3.8) is 0 Å². The van der Waals surface area contributed by atoms with Gasteiger partial charge in [0.15, 0.2) is 0 Å². The molecule has 0 aliphatic carbocycles. The fraction of sp³-hybridized carbons (Fsp3) is 0.833. The Kier molecular flexibility index (Phi) is 7.66. The van der Waals surface area contributed by atoms with Crippen molar-refractivity contribution in [3.05, 3.63) is 0 Å². The molecule has 0 rings (SSSR count). The maximum absolute atomic E-state index is 11.7. The van der Waals surface area contributed by atoms with Gasteiger partial charge in [-0.2, -0.15) is 0 Å². The van der Waals surface area contributed by atoms with Gasteiger partial charge in [-0.25, -0.2) is 9.59 Å². The summed E-state index contributed by atoms with van der Waals surface area (Å²) in [6.07, 6.45) is 1.10. The largest absolute Gasteiger partial charge is 0.464 e. The molecule has 112 valence electrons. The smallest absolute Gasteiger partial charge is 0.408 e. The Balaban J connectivity index is 4.52. The highest BCUT2D eigenvalue weighted by atomic mass is 32.2. The van der Waals surface area contributed by atoms with E-state index in [4.69, 9.17) is 9.47 Å². The maximum Gasteiger partial charge on any atom is 0.408 e. The summed E-state index contributed by atoms with van der Waals surface area (Å²) in [6.45, 7) is 7.09. The van der Waals surface area contributed by atoms with Crippen LogP contribution in [0.2, 0.25) is 0 Å². The first-order valence-electron chi connectivity index (χ1n) is 6.12. The van der Waals surface area contributed by atoms with Gasteiger partial charge in [-0.3, -0.25) is 4.21 Å². The van der Waals surface area contributed by atoms with Gasteiger partial charge in [-0.1, -0.05) is 0 Å². The van der Waals surface area contributed by atoms with Crippen LogP contribution in [0.5, 0.6) is 0 Å². The van der Waals surface area contributed by atoms with Crippen LogP contribution >= 0.6 is 0 Å². The van der Waals surface area contributed by atoms with E-state index < -0.39 is 34.5 Å². The third-order valence-electron chi connectivity index (χ3n) is 1.96. The average Bonchev–Trinajstić information content (AvgIpc) is 2.21. The lowest BCUT2D eigenvalue weighted by molar-refractivity contribution is -0.145. The molecular weight excluding hydrogens is 270 g/mol. The van der Waals surface area contributed by atoms with E-state index in [1.54, 1.807) is 27.7 Å². The molecule has 0 aromatic heterocycles. The van der Waals surface area contributed by atoms with Gasteiger partial charge in [0.25, 0.3) is 0 Å². The second-order valence-electron chi connectivity index (χ2n) is 5.02. The fourth-order valence-electron chi connectivity index (χ4n) is 1.23. The second-order valence-corrected chi connectivity index (χ2v) is 6.57. The summed E-state index contributed by atoms with van der Waals surface area (Å²) in [7, 11) is -1.04. The Bertz CT molecular complexity index is 338. The van der Waals surface area contributed by atoms with Gasteiger partial charge in [0.05, 0.1) is 6.61 Å². The summed E-state index contributed by atoms with van der Waals surface area (Å²) < 4.78 is 21.0. The zero-order chi connectivity index (χ0) is 15.1. The SMILES string of the molecule is CCOC(=O)[C@H](CCS(C)=O)NC(=O)OC(C)(C)C. The molecule has 0 aromatic carbocycles. The number of rotatable bonds is 6. The van der Waals surface area contributed by atoms with E-state index in [1.807, 2.05) is 0 Å². The molecule has 1 amide bonds. The fourth-order valence-corrected chi connectivity index (χ4v) is 1.79. The second kappa shape index (κ2) is 8.14. The van der Waals surface area contributed by atoms with Crippen LogP contribution in [0.1, 0.15) is 34.1 Å². The van der Waals surface area contributed by atoms with Gasteiger partial charge in [-0.15, -0.1) is 0 Å². The summed E-state index contributed by atoms with van der Waals surface area (Å²) in [5.74, 6) is -0.238. The molecule has 19 heavy (non-hydrogen) atoms. The van der Waals surface area contributed by atoms with Gasteiger partial charge in [0.1, 0.15) is 11.6 Å². The third kappa shape index (κ3) is 9.47. The van der Waals surface area contributed by atoms with Crippen molar-refractivity contribution < 1.29 is 23.3 Å². The van der Waals surface area contributed by atoms with Crippen molar-refractivity contribution in [2.24, 2.45) is 0 Å². The van der Waals surface area contributed by atoms with Crippen molar-refractivity contribution in [2.75, 3.05) is 18.6 Å². The van der Waals surface area contributed by atoms with E-state index in [1.165, 1.54) is 6.26 Å². The van der Waals surface area contributed by atoms with Crippen LogP contribution in [-0.4, -0.2) is 46.5 Å². The molecule has 6 nitrogen and oxygen atoms in total. The lowest BCUT2D eigenvalue weighted by Crippen LogP contribution is -2.44. The molecule has 0 saturated carbocycles. The third-order valence-corrected chi connectivity index (χ3v) is 2.77.